The molecule has 27 heavy (non-hydrogen) atoms. The Hall–Kier alpha value is -3.47. The Morgan fingerprint density at radius 1 is 0.926 bits per heavy atom. The van der Waals surface area contributed by atoms with Gasteiger partial charge in [-0.05, 0) is 61.9 Å². The van der Waals surface area contributed by atoms with Crippen LogP contribution in [0.2, 0.25) is 0 Å². The van der Waals surface area contributed by atoms with Gasteiger partial charge in [0.1, 0.15) is 17.1 Å². The van der Waals surface area contributed by atoms with E-state index in [0.29, 0.717) is 5.82 Å². The lowest BCUT2D eigenvalue weighted by molar-refractivity contribution is 0.412. The van der Waals surface area contributed by atoms with Crippen LogP contribution in [0.15, 0.2) is 77.1 Å². The highest BCUT2D eigenvalue weighted by molar-refractivity contribution is 5.75. The highest BCUT2D eigenvalue weighted by Gasteiger charge is 2.15. The van der Waals surface area contributed by atoms with E-state index in [1.54, 1.807) is 7.11 Å². The lowest BCUT2D eigenvalue weighted by atomic mass is 10.1. The molecule has 0 N–H and O–H groups in total. The van der Waals surface area contributed by atoms with Gasteiger partial charge in [0.15, 0.2) is 5.82 Å². The van der Waals surface area contributed by atoms with Crippen molar-refractivity contribution in [1.29, 1.82) is 0 Å². The first-order valence-corrected chi connectivity index (χ1v) is 8.76. The van der Waals surface area contributed by atoms with E-state index in [-0.39, 0.29) is 0 Å². The Morgan fingerprint density at radius 3 is 2.48 bits per heavy atom. The van der Waals surface area contributed by atoms with E-state index in [0.717, 1.165) is 33.9 Å². The van der Waals surface area contributed by atoms with Crippen molar-refractivity contribution in [3.63, 3.8) is 0 Å². The molecule has 0 saturated heterocycles. The zero-order valence-corrected chi connectivity index (χ0v) is 15.5. The molecule has 0 atom stereocenters. The van der Waals surface area contributed by atoms with E-state index in [4.69, 9.17) is 9.72 Å². The number of aromatic nitrogens is 2. The number of fused-ring (bicyclic) bond motifs is 1. The molecule has 4 aromatic rings. The minimum absolute atomic E-state index is 0.704. The molecule has 0 bridgehead atoms. The Morgan fingerprint density at radius 2 is 1.74 bits per heavy atom. The number of nitrogens with zero attached hydrogens (tertiary/aromatic N) is 4. The predicted octanol–water partition coefficient (Wildman–Crippen LogP) is 6.04. The number of hydrogen-bond donors (Lipinski definition) is 0. The molecule has 4 rings (SSSR count). The van der Waals surface area contributed by atoms with Crippen molar-refractivity contribution in [2.24, 2.45) is 10.2 Å². The minimum Gasteiger partial charge on any atom is -0.496 e. The second kappa shape index (κ2) is 7.03. The van der Waals surface area contributed by atoms with Crippen molar-refractivity contribution in [1.82, 2.24) is 9.38 Å². The van der Waals surface area contributed by atoms with Crippen LogP contribution in [0.4, 0.5) is 11.5 Å². The molecule has 0 unspecified atom stereocenters. The van der Waals surface area contributed by atoms with Crippen LogP contribution in [0, 0.1) is 13.8 Å². The molecule has 2 aromatic carbocycles. The Labute approximate surface area is 158 Å². The van der Waals surface area contributed by atoms with Gasteiger partial charge in [-0.25, -0.2) is 4.98 Å². The lowest BCUT2D eigenvalue weighted by Crippen LogP contribution is -1.88. The van der Waals surface area contributed by atoms with Crippen LogP contribution in [0.1, 0.15) is 11.1 Å². The standard InChI is InChI=1S/C22H20N4O/c1-15-7-10-18(11-8-15)24-25-22-21(23-20-6-4-5-13-26(20)22)17-9-12-19(27-3)16(2)14-17/h4-14H,1-3H3. The number of azo groups is 1. The number of imidazole rings is 1. The van der Waals surface area contributed by atoms with Gasteiger partial charge in [-0.2, -0.15) is 0 Å². The van der Waals surface area contributed by atoms with Gasteiger partial charge in [-0.15, -0.1) is 10.2 Å². The van der Waals surface area contributed by atoms with Gasteiger partial charge in [0.25, 0.3) is 0 Å². The molecule has 0 fully saturated rings. The van der Waals surface area contributed by atoms with Crippen molar-refractivity contribution >= 4 is 17.2 Å². The Balaban J connectivity index is 1.84. The summed E-state index contributed by atoms with van der Waals surface area (Å²) in [7, 11) is 1.67. The number of rotatable bonds is 4. The van der Waals surface area contributed by atoms with Crippen LogP contribution in [0.3, 0.4) is 0 Å². The summed E-state index contributed by atoms with van der Waals surface area (Å²) in [6.45, 7) is 4.07. The summed E-state index contributed by atoms with van der Waals surface area (Å²) >= 11 is 0. The molecule has 0 saturated carbocycles. The van der Waals surface area contributed by atoms with Crippen molar-refractivity contribution < 1.29 is 4.74 Å². The molecular formula is C22H20N4O. The van der Waals surface area contributed by atoms with Gasteiger partial charge in [0.05, 0.1) is 12.8 Å². The predicted molar refractivity (Wildman–Crippen MR) is 107 cm³/mol. The van der Waals surface area contributed by atoms with E-state index in [1.807, 2.05) is 72.1 Å². The Kier molecular flexibility index (Phi) is 4.42. The monoisotopic (exact) mass is 356 g/mol. The van der Waals surface area contributed by atoms with Crippen molar-refractivity contribution in [3.8, 4) is 17.0 Å². The first-order valence-electron chi connectivity index (χ1n) is 8.76. The highest BCUT2D eigenvalue weighted by Crippen LogP contribution is 2.34. The third-order valence-electron chi connectivity index (χ3n) is 4.47. The first-order chi connectivity index (χ1) is 13.2. The number of aryl methyl sites for hydroxylation is 2. The van der Waals surface area contributed by atoms with Crippen LogP contribution >= 0.6 is 0 Å². The molecule has 0 aliphatic carbocycles. The smallest absolute Gasteiger partial charge is 0.187 e. The summed E-state index contributed by atoms with van der Waals surface area (Å²) in [5.41, 5.74) is 5.66. The lowest BCUT2D eigenvalue weighted by Gasteiger charge is -2.06. The van der Waals surface area contributed by atoms with E-state index in [9.17, 15) is 0 Å². The molecule has 0 aliphatic heterocycles. The van der Waals surface area contributed by atoms with Gasteiger partial charge in [0.2, 0.25) is 0 Å². The fourth-order valence-electron chi connectivity index (χ4n) is 3.01. The molecule has 0 radical (unpaired) electrons. The normalized spacial score (nSPS) is 11.4. The molecule has 5 heteroatoms. The van der Waals surface area contributed by atoms with Gasteiger partial charge >= 0.3 is 0 Å². The highest BCUT2D eigenvalue weighted by atomic mass is 16.5. The van der Waals surface area contributed by atoms with Crippen LogP contribution in [0.5, 0.6) is 5.75 Å². The average molecular weight is 356 g/mol. The number of pyridine rings is 1. The van der Waals surface area contributed by atoms with Gasteiger partial charge < -0.3 is 4.74 Å². The number of methoxy groups -OCH3 is 1. The summed E-state index contributed by atoms with van der Waals surface area (Å²) in [5, 5.41) is 8.96. The maximum Gasteiger partial charge on any atom is 0.187 e. The molecule has 2 heterocycles. The minimum atomic E-state index is 0.704. The van der Waals surface area contributed by atoms with Crippen LogP contribution in [-0.4, -0.2) is 16.5 Å². The zero-order valence-electron chi connectivity index (χ0n) is 15.5. The summed E-state index contributed by atoms with van der Waals surface area (Å²) in [4.78, 5) is 4.77. The molecule has 5 nitrogen and oxygen atoms in total. The summed E-state index contributed by atoms with van der Waals surface area (Å²) < 4.78 is 7.32. The van der Waals surface area contributed by atoms with E-state index in [2.05, 4.69) is 23.2 Å². The second-order valence-corrected chi connectivity index (χ2v) is 6.43. The van der Waals surface area contributed by atoms with Crippen molar-refractivity contribution in [2.75, 3.05) is 7.11 Å². The summed E-state index contributed by atoms with van der Waals surface area (Å²) in [6, 6.07) is 19.9. The first kappa shape index (κ1) is 17.0. The van der Waals surface area contributed by atoms with Gasteiger partial charge in [-0.1, -0.05) is 23.8 Å². The quantitative estimate of drug-likeness (QED) is 0.418. The van der Waals surface area contributed by atoms with E-state index in [1.165, 1.54) is 5.56 Å². The number of hydrogen-bond acceptors (Lipinski definition) is 4. The molecule has 0 spiro atoms. The average Bonchev–Trinajstić information content (AvgIpc) is 3.06. The summed E-state index contributed by atoms with van der Waals surface area (Å²) in [6.07, 6.45) is 1.95. The van der Waals surface area contributed by atoms with Crippen LogP contribution in [0.25, 0.3) is 16.9 Å². The molecule has 0 aliphatic rings. The van der Waals surface area contributed by atoms with E-state index < -0.39 is 0 Å². The van der Waals surface area contributed by atoms with Crippen molar-refractivity contribution in [2.45, 2.75) is 13.8 Å². The molecule has 0 amide bonds. The second-order valence-electron chi connectivity index (χ2n) is 6.43. The van der Waals surface area contributed by atoms with Crippen molar-refractivity contribution in [3.05, 3.63) is 78.0 Å². The van der Waals surface area contributed by atoms with Crippen LogP contribution < -0.4 is 4.74 Å². The largest absolute Gasteiger partial charge is 0.496 e. The third kappa shape index (κ3) is 3.31. The summed E-state index contributed by atoms with van der Waals surface area (Å²) in [5.74, 6) is 1.56. The fraction of sp³-hybridized carbons (Fsp3) is 0.136. The van der Waals surface area contributed by atoms with E-state index >= 15 is 0 Å². The molecule has 134 valence electrons. The fourth-order valence-corrected chi connectivity index (χ4v) is 3.01. The number of benzene rings is 2. The maximum atomic E-state index is 5.37. The SMILES string of the molecule is COc1ccc(-c2nc3ccccn3c2N=Nc2ccc(C)cc2)cc1C. The molecular weight excluding hydrogens is 336 g/mol. The van der Waals surface area contributed by atoms with Crippen LogP contribution in [-0.2, 0) is 0 Å². The molecule has 2 aromatic heterocycles. The topological polar surface area (TPSA) is 51.2 Å². The Bertz CT molecular complexity index is 1130. The maximum absolute atomic E-state index is 5.37. The third-order valence-corrected chi connectivity index (χ3v) is 4.47. The zero-order chi connectivity index (χ0) is 18.8. The van der Waals surface area contributed by atoms with Gasteiger partial charge in [0, 0.05) is 11.8 Å². The van der Waals surface area contributed by atoms with Gasteiger partial charge in [-0.3, -0.25) is 4.40 Å². The number of ether oxygens (including phenoxy) is 1.